The Kier molecular flexibility index (Phi) is 6.17. The van der Waals surface area contributed by atoms with Crippen LogP contribution in [0.1, 0.15) is 18.1 Å². The van der Waals surface area contributed by atoms with Crippen LogP contribution < -0.4 is 10.1 Å². The van der Waals surface area contributed by atoms with Gasteiger partial charge in [0.2, 0.25) is 0 Å². The summed E-state index contributed by atoms with van der Waals surface area (Å²) < 4.78 is 5.68. The van der Waals surface area contributed by atoms with Gasteiger partial charge in [0.15, 0.2) is 6.10 Å². The van der Waals surface area contributed by atoms with Crippen LogP contribution in [0.15, 0.2) is 36.4 Å². The number of carbonyl (C=O) groups excluding carboxylic acids is 1. The molecule has 0 bridgehead atoms. The Morgan fingerprint density at radius 2 is 1.87 bits per heavy atom. The topological polar surface area (TPSA) is 38.3 Å². The Balaban J connectivity index is 1.93. The average Bonchev–Trinajstić information content (AvgIpc) is 2.50. The predicted molar refractivity (Wildman–Crippen MR) is 94.6 cm³/mol. The van der Waals surface area contributed by atoms with Crippen molar-refractivity contribution in [3.63, 3.8) is 0 Å². The van der Waals surface area contributed by atoms with E-state index >= 15 is 0 Å². The molecule has 2 rings (SSSR count). The zero-order valence-electron chi connectivity index (χ0n) is 12.7. The van der Waals surface area contributed by atoms with Gasteiger partial charge in [0, 0.05) is 11.6 Å². The van der Waals surface area contributed by atoms with Crippen molar-refractivity contribution in [2.24, 2.45) is 0 Å². The van der Waals surface area contributed by atoms with Crippen LogP contribution in [0.4, 0.5) is 0 Å². The third kappa shape index (κ3) is 5.03. The van der Waals surface area contributed by atoms with Crippen molar-refractivity contribution in [2.75, 3.05) is 0 Å². The van der Waals surface area contributed by atoms with Gasteiger partial charge in [-0.1, -0.05) is 40.9 Å². The minimum atomic E-state index is -0.627. The second-order valence-corrected chi connectivity index (χ2v) is 6.39. The summed E-state index contributed by atoms with van der Waals surface area (Å²) in [4.78, 5) is 12.1. The highest BCUT2D eigenvalue weighted by atomic mass is 35.5. The number of hydrogen-bond acceptors (Lipinski definition) is 2. The van der Waals surface area contributed by atoms with Gasteiger partial charge in [0.05, 0.1) is 10.0 Å². The number of carbonyl (C=O) groups is 1. The van der Waals surface area contributed by atoms with Crippen molar-refractivity contribution >= 4 is 40.7 Å². The van der Waals surface area contributed by atoms with E-state index in [0.29, 0.717) is 27.4 Å². The SMILES string of the molecule is Cc1cc(Cl)ccc1OC(C)C(=O)NCc1ccc(Cl)c(Cl)c1. The molecule has 3 nitrogen and oxygen atoms in total. The zero-order chi connectivity index (χ0) is 17.0. The molecule has 0 aliphatic carbocycles. The number of ether oxygens (including phenoxy) is 1. The average molecular weight is 373 g/mol. The van der Waals surface area contributed by atoms with Gasteiger partial charge >= 0.3 is 0 Å². The van der Waals surface area contributed by atoms with Crippen LogP contribution in [0, 0.1) is 6.92 Å². The normalized spacial score (nSPS) is 11.9. The van der Waals surface area contributed by atoms with Crippen molar-refractivity contribution in [3.05, 3.63) is 62.6 Å². The van der Waals surface area contributed by atoms with Crippen LogP contribution in [0.2, 0.25) is 15.1 Å². The highest BCUT2D eigenvalue weighted by Gasteiger charge is 2.15. The fraction of sp³-hybridized carbons (Fsp3) is 0.235. The molecule has 6 heteroatoms. The number of halogens is 3. The molecule has 0 aliphatic heterocycles. The molecule has 122 valence electrons. The molecule has 1 amide bonds. The summed E-state index contributed by atoms with van der Waals surface area (Å²) >= 11 is 17.7. The van der Waals surface area contributed by atoms with Crippen molar-refractivity contribution in [2.45, 2.75) is 26.5 Å². The van der Waals surface area contributed by atoms with Gasteiger partial charge in [0.25, 0.3) is 5.91 Å². The molecule has 0 radical (unpaired) electrons. The first-order valence-electron chi connectivity index (χ1n) is 7.01. The Bertz CT molecular complexity index is 719. The van der Waals surface area contributed by atoms with Gasteiger partial charge < -0.3 is 10.1 Å². The molecule has 1 N–H and O–H groups in total. The molecule has 0 aliphatic rings. The third-order valence-corrected chi connectivity index (χ3v) is 4.23. The zero-order valence-corrected chi connectivity index (χ0v) is 15.0. The summed E-state index contributed by atoms with van der Waals surface area (Å²) in [6.07, 6.45) is -0.627. The number of nitrogens with one attached hydrogen (secondary N) is 1. The molecular formula is C17H16Cl3NO2. The number of amides is 1. The maximum Gasteiger partial charge on any atom is 0.261 e. The summed E-state index contributed by atoms with van der Waals surface area (Å²) in [6, 6.07) is 10.5. The fourth-order valence-electron chi connectivity index (χ4n) is 1.97. The molecule has 2 aromatic rings. The van der Waals surface area contributed by atoms with E-state index < -0.39 is 6.10 Å². The van der Waals surface area contributed by atoms with Crippen LogP contribution in [0.5, 0.6) is 5.75 Å². The number of benzene rings is 2. The minimum absolute atomic E-state index is 0.217. The lowest BCUT2D eigenvalue weighted by Crippen LogP contribution is -2.36. The monoisotopic (exact) mass is 371 g/mol. The number of rotatable bonds is 5. The van der Waals surface area contributed by atoms with Gasteiger partial charge in [0.1, 0.15) is 5.75 Å². The Labute approximate surface area is 150 Å². The molecule has 1 unspecified atom stereocenters. The van der Waals surface area contributed by atoms with Gasteiger partial charge in [-0.15, -0.1) is 0 Å². The molecule has 0 aromatic heterocycles. The Hall–Kier alpha value is -1.42. The van der Waals surface area contributed by atoms with Gasteiger partial charge in [-0.25, -0.2) is 0 Å². The summed E-state index contributed by atoms with van der Waals surface area (Å²) in [7, 11) is 0. The van der Waals surface area contributed by atoms with Crippen molar-refractivity contribution in [1.82, 2.24) is 5.32 Å². The van der Waals surface area contributed by atoms with E-state index in [0.717, 1.165) is 11.1 Å². The van der Waals surface area contributed by atoms with Crippen molar-refractivity contribution in [1.29, 1.82) is 0 Å². The first-order valence-corrected chi connectivity index (χ1v) is 8.14. The summed E-state index contributed by atoms with van der Waals surface area (Å²) in [6.45, 7) is 3.92. The Morgan fingerprint density at radius 1 is 1.13 bits per heavy atom. The molecule has 23 heavy (non-hydrogen) atoms. The van der Waals surface area contributed by atoms with E-state index in [9.17, 15) is 4.79 Å². The van der Waals surface area contributed by atoms with Crippen LogP contribution in [0.25, 0.3) is 0 Å². The maximum absolute atomic E-state index is 12.1. The summed E-state index contributed by atoms with van der Waals surface area (Å²) in [5.41, 5.74) is 1.74. The molecule has 0 saturated heterocycles. The first-order chi connectivity index (χ1) is 10.9. The fourth-order valence-corrected chi connectivity index (χ4v) is 2.52. The number of hydrogen-bond donors (Lipinski definition) is 1. The lowest BCUT2D eigenvalue weighted by Gasteiger charge is -2.16. The molecule has 1 atom stereocenters. The van der Waals surface area contributed by atoms with E-state index in [1.54, 1.807) is 37.3 Å². The summed E-state index contributed by atoms with van der Waals surface area (Å²) in [5, 5.41) is 4.38. The lowest BCUT2D eigenvalue weighted by molar-refractivity contribution is -0.127. The first kappa shape index (κ1) is 17.9. The van der Waals surface area contributed by atoms with Gasteiger partial charge in [-0.05, 0) is 55.3 Å². The molecule has 0 fully saturated rings. The van der Waals surface area contributed by atoms with Crippen LogP contribution in [-0.2, 0) is 11.3 Å². The highest BCUT2D eigenvalue weighted by molar-refractivity contribution is 6.42. The Morgan fingerprint density at radius 3 is 2.52 bits per heavy atom. The van der Waals surface area contributed by atoms with Crippen molar-refractivity contribution in [3.8, 4) is 5.75 Å². The third-order valence-electron chi connectivity index (χ3n) is 3.26. The van der Waals surface area contributed by atoms with E-state index in [-0.39, 0.29) is 5.91 Å². The second kappa shape index (κ2) is 7.91. The summed E-state index contributed by atoms with van der Waals surface area (Å²) in [5.74, 6) is 0.414. The number of aryl methyl sites for hydroxylation is 1. The highest BCUT2D eigenvalue weighted by Crippen LogP contribution is 2.23. The maximum atomic E-state index is 12.1. The second-order valence-electron chi connectivity index (χ2n) is 5.14. The minimum Gasteiger partial charge on any atom is -0.481 e. The standard InChI is InChI=1S/C17H16Cl3NO2/c1-10-7-13(18)4-6-16(10)23-11(2)17(22)21-9-12-3-5-14(19)15(20)8-12/h3-8,11H,9H2,1-2H3,(H,21,22). The van der Waals surface area contributed by atoms with Crippen molar-refractivity contribution < 1.29 is 9.53 Å². The lowest BCUT2D eigenvalue weighted by atomic mass is 10.2. The van der Waals surface area contributed by atoms with Crippen LogP contribution in [-0.4, -0.2) is 12.0 Å². The van der Waals surface area contributed by atoms with Gasteiger partial charge in [-0.3, -0.25) is 4.79 Å². The van der Waals surface area contributed by atoms with E-state index in [1.807, 2.05) is 13.0 Å². The molecule has 0 saturated carbocycles. The smallest absolute Gasteiger partial charge is 0.261 e. The van der Waals surface area contributed by atoms with E-state index in [2.05, 4.69) is 5.32 Å². The van der Waals surface area contributed by atoms with Gasteiger partial charge in [-0.2, -0.15) is 0 Å². The largest absolute Gasteiger partial charge is 0.481 e. The van der Waals surface area contributed by atoms with E-state index in [1.165, 1.54) is 0 Å². The molecule has 0 heterocycles. The quantitative estimate of drug-likeness (QED) is 0.798. The van der Waals surface area contributed by atoms with Crippen LogP contribution in [0.3, 0.4) is 0 Å². The van der Waals surface area contributed by atoms with E-state index in [4.69, 9.17) is 39.5 Å². The molecule has 0 spiro atoms. The molecular weight excluding hydrogens is 357 g/mol. The molecule has 2 aromatic carbocycles. The predicted octanol–water partition coefficient (Wildman–Crippen LogP) is 5.04. The van der Waals surface area contributed by atoms with Crippen LogP contribution >= 0.6 is 34.8 Å².